The third-order valence-electron chi connectivity index (χ3n) is 2.91. The maximum absolute atomic E-state index is 10.8. The third kappa shape index (κ3) is 15.3. The molecule has 4 nitrogen and oxygen atoms in total. The first-order valence-corrected chi connectivity index (χ1v) is 7.53. The summed E-state index contributed by atoms with van der Waals surface area (Å²) in [5, 5.41) is 0. The van der Waals surface area contributed by atoms with E-state index in [1.807, 2.05) is 0 Å². The Labute approximate surface area is 117 Å². The first kappa shape index (κ1) is 18.4. The molecule has 0 saturated carbocycles. The van der Waals surface area contributed by atoms with E-state index in [0.29, 0.717) is 32.7 Å². The molecule has 0 saturated heterocycles. The second kappa shape index (κ2) is 15.4. The molecule has 0 aromatic heterocycles. The molecule has 4 heteroatoms. The van der Waals surface area contributed by atoms with E-state index in [1.54, 1.807) is 0 Å². The first-order chi connectivity index (χ1) is 9.31. The lowest BCUT2D eigenvalue weighted by molar-refractivity contribution is -0.141. The van der Waals surface area contributed by atoms with E-state index in [4.69, 9.17) is 9.47 Å². The molecule has 0 rings (SSSR count). The lowest BCUT2D eigenvalue weighted by Crippen LogP contribution is -2.08. The zero-order valence-corrected chi connectivity index (χ0v) is 12.6. The van der Waals surface area contributed by atoms with Crippen LogP contribution < -0.4 is 0 Å². The number of unbranched alkanes of at least 4 members (excludes halogenated alkanes) is 5. The molecule has 0 aliphatic rings. The molecule has 0 aromatic rings. The molecule has 0 spiro atoms. The first-order valence-electron chi connectivity index (χ1n) is 7.53. The predicted octanol–water partition coefficient (Wildman–Crippen LogP) is 3.33. The van der Waals surface area contributed by atoms with Crippen LogP contribution in [0.2, 0.25) is 0 Å². The summed E-state index contributed by atoms with van der Waals surface area (Å²) in [7, 11) is 1.40. The number of carbonyl (C=O) groups is 1. The summed E-state index contributed by atoms with van der Waals surface area (Å²) >= 11 is 0. The van der Waals surface area contributed by atoms with Gasteiger partial charge in [-0.25, -0.2) is 0 Å². The Morgan fingerprint density at radius 1 is 0.789 bits per heavy atom. The second-order valence-electron chi connectivity index (χ2n) is 4.67. The van der Waals surface area contributed by atoms with Gasteiger partial charge in [-0.05, 0) is 12.8 Å². The van der Waals surface area contributed by atoms with Crippen LogP contribution in [-0.4, -0.2) is 39.5 Å². The molecule has 114 valence electrons. The molecule has 0 bridgehead atoms. The molecule has 0 radical (unpaired) electrons. The highest BCUT2D eigenvalue weighted by Crippen LogP contribution is 2.04. The van der Waals surface area contributed by atoms with Crippen LogP contribution in [-0.2, 0) is 19.0 Å². The number of hydrogen-bond acceptors (Lipinski definition) is 4. The summed E-state index contributed by atoms with van der Waals surface area (Å²) in [6.07, 6.45) is 8.86. The molecule has 0 aromatic carbocycles. The minimum Gasteiger partial charge on any atom is -0.469 e. The zero-order valence-electron chi connectivity index (χ0n) is 12.6. The van der Waals surface area contributed by atoms with Gasteiger partial charge < -0.3 is 14.2 Å². The van der Waals surface area contributed by atoms with Gasteiger partial charge in [-0.3, -0.25) is 4.79 Å². The van der Waals surface area contributed by atoms with Crippen molar-refractivity contribution in [3.63, 3.8) is 0 Å². The van der Waals surface area contributed by atoms with Crippen molar-refractivity contribution in [2.75, 3.05) is 33.5 Å². The molecule has 0 N–H and O–H groups in total. The lowest BCUT2D eigenvalue weighted by atomic mass is 10.1. The van der Waals surface area contributed by atoms with Gasteiger partial charge in [0.15, 0.2) is 0 Å². The van der Waals surface area contributed by atoms with Crippen LogP contribution in [0.4, 0.5) is 0 Å². The monoisotopic (exact) mass is 274 g/mol. The second-order valence-corrected chi connectivity index (χ2v) is 4.67. The van der Waals surface area contributed by atoms with Gasteiger partial charge in [0.05, 0.1) is 20.3 Å². The summed E-state index contributed by atoms with van der Waals surface area (Å²) in [5.41, 5.74) is 0. The molecular weight excluding hydrogens is 244 g/mol. The van der Waals surface area contributed by atoms with E-state index >= 15 is 0 Å². The Hall–Kier alpha value is -0.610. The van der Waals surface area contributed by atoms with E-state index in [9.17, 15) is 4.79 Å². The standard InChI is InChI=1S/C15H30O4/c1-3-4-5-6-7-8-11-18-13-14-19-12-9-10-15(16)17-2/h3-14H2,1-2H3. The molecule has 0 heterocycles. The molecule has 0 fully saturated rings. The third-order valence-corrected chi connectivity index (χ3v) is 2.91. The van der Waals surface area contributed by atoms with E-state index in [-0.39, 0.29) is 5.97 Å². The van der Waals surface area contributed by atoms with Crippen LogP contribution in [0.1, 0.15) is 58.3 Å². The van der Waals surface area contributed by atoms with Crippen molar-refractivity contribution >= 4 is 5.97 Å². The van der Waals surface area contributed by atoms with Crippen LogP contribution in [0.25, 0.3) is 0 Å². The maximum atomic E-state index is 10.8. The van der Waals surface area contributed by atoms with Gasteiger partial charge in [-0.1, -0.05) is 39.0 Å². The normalized spacial score (nSPS) is 10.6. The van der Waals surface area contributed by atoms with Crippen LogP contribution >= 0.6 is 0 Å². The van der Waals surface area contributed by atoms with E-state index in [1.165, 1.54) is 39.2 Å². The van der Waals surface area contributed by atoms with Crippen LogP contribution in [0.3, 0.4) is 0 Å². The summed E-state index contributed by atoms with van der Waals surface area (Å²) in [5.74, 6) is -0.178. The molecular formula is C15H30O4. The summed E-state index contributed by atoms with van der Waals surface area (Å²) in [6, 6.07) is 0. The lowest BCUT2D eigenvalue weighted by Gasteiger charge is -2.05. The van der Waals surface area contributed by atoms with Crippen molar-refractivity contribution in [3.05, 3.63) is 0 Å². The average molecular weight is 274 g/mol. The number of esters is 1. The van der Waals surface area contributed by atoms with Crippen molar-refractivity contribution in [2.24, 2.45) is 0 Å². The van der Waals surface area contributed by atoms with E-state index in [2.05, 4.69) is 11.7 Å². The molecule has 19 heavy (non-hydrogen) atoms. The SMILES string of the molecule is CCCCCCCCOCCOCCCC(=O)OC. The smallest absolute Gasteiger partial charge is 0.305 e. The zero-order chi connectivity index (χ0) is 14.2. The Morgan fingerprint density at radius 2 is 1.37 bits per heavy atom. The van der Waals surface area contributed by atoms with Gasteiger partial charge in [0.25, 0.3) is 0 Å². The van der Waals surface area contributed by atoms with Crippen molar-refractivity contribution in [1.29, 1.82) is 0 Å². The highest BCUT2D eigenvalue weighted by molar-refractivity contribution is 5.68. The highest BCUT2D eigenvalue weighted by atomic mass is 16.5. The van der Waals surface area contributed by atoms with Crippen LogP contribution in [0.15, 0.2) is 0 Å². The van der Waals surface area contributed by atoms with Gasteiger partial charge in [-0.2, -0.15) is 0 Å². The Morgan fingerprint density at radius 3 is 2.00 bits per heavy atom. The van der Waals surface area contributed by atoms with E-state index < -0.39 is 0 Å². The Balaban J connectivity index is 2.97. The Bertz CT molecular complexity index is 195. The molecule has 0 atom stereocenters. The van der Waals surface area contributed by atoms with Crippen LogP contribution in [0, 0.1) is 0 Å². The fraction of sp³-hybridized carbons (Fsp3) is 0.933. The van der Waals surface area contributed by atoms with Gasteiger partial charge in [0.2, 0.25) is 0 Å². The van der Waals surface area contributed by atoms with Crippen molar-refractivity contribution in [3.8, 4) is 0 Å². The fourth-order valence-electron chi connectivity index (χ4n) is 1.73. The maximum Gasteiger partial charge on any atom is 0.305 e. The van der Waals surface area contributed by atoms with Gasteiger partial charge in [0, 0.05) is 19.6 Å². The quantitative estimate of drug-likeness (QED) is 0.360. The Kier molecular flexibility index (Phi) is 15.0. The van der Waals surface area contributed by atoms with Crippen molar-refractivity contribution in [2.45, 2.75) is 58.3 Å². The van der Waals surface area contributed by atoms with Crippen molar-refractivity contribution in [1.82, 2.24) is 0 Å². The molecule has 0 amide bonds. The summed E-state index contributed by atoms with van der Waals surface area (Å²) < 4.78 is 15.4. The summed E-state index contributed by atoms with van der Waals surface area (Å²) in [4.78, 5) is 10.8. The summed E-state index contributed by atoms with van der Waals surface area (Å²) in [6.45, 7) is 4.91. The topological polar surface area (TPSA) is 44.8 Å². The average Bonchev–Trinajstić information content (AvgIpc) is 2.43. The van der Waals surface area contributed by atoms with Gasteiger partial charge in [0.1, 0.15) is 0 Å². The van der Waals surface area contributed by atoms with Crippen LogP contribution in [0.5, 0.6) is 0 Å². The predicted molar refractivity (Wildman–Crippen MR) is 76.3 cm³/mol. The number of ether oxygens (including phenoxy) is 3. The minimum absolute atomic E-state index is 0.178. The van der Waals surface area contributed by atoms with E-state index in [0.717, 1.165) is 13.0 Å². The largest absolute Gasteiger partial charge is 0.469 e. The van der Waals surface area contributed by atoms with Gasteiger partial charge in [-0.15, -0.1) is 0 Å². The highest BCUT2D eigenvalue weighted by Gasteiger charge is 1.98. The molecule has 0 unspecified atom stereocenters. The molecule has 0 aliphatic heterocycles. The van der Waals surface area contributed by atoms with Crippen molar-refractivity contribution < 1.29 is 19.0 Å². The number of rotatable bonds is 14. The number of carbonyl (C=O) groups excluding carboxylic acids is 1. The minimum atomic E-state index is -0.178. The number of hydrogen-bond donors (Lipinski definition) is 0. The number of methoxy groups -OCH3 is 1. The fourth-order valence-corrected chi connectivity index (χ4v) is 1.73. The molecule has 0 aliphatic carbocycles. The van der Waals surface area contributed by atoms with Gasteiger partial charge >= 0.3 is 5.97 Å².